The first-order valence-electron chi connectivity index (χ1n) is 7.93. The summed E-state index contributed by atoms with van der Waals surface area (Å²) in [4.78, 5) is 0. The first kappa shape index (κ1) is 11.5. The van der Waals surface area contributed by atoms with Crippen molar-refractivity contribution in [3.05, 3.63) is 66.7 Å². The summed E-state index contributed by atoms with van der Waals surface area (Å²) in [5.74, 6) is 0. The molecule has 6 aromatic rings. The van der Waals surface area contributed by atoms with E-state index in [0.29, 0.717) is 0 Å². The second-order valence-corrected chi connectivity index (χ2v) is 6.42. The monoisotopic (exact) mass is 291 g/mol. The maximum atomic E-state index is 6.37. The van der Waals surface area contributed by atoms with Crippen LogP contribution in [-0.2, 0) is 0 Å². The largest absolute Gasteiger partial charge is 0.398 e. The zero-order chi connectivity index (χ0) is 15.1. The molecule has 0 atom stereocenters. The minimum absolute atomic E-state index is 0.864. The van der Waals surface area contributed by atoms with Crippen LogP contribution in [0.25, 0.3) is 53.9 Å². The van der Waals surface area contributed by atoms with Gasteiger partial charge in [-0.15, -0.1) is 0 Å². The SMILES string of the molecule is Nc1cc2ccc3cccc4c5cccc6ccc1c(c65)c2c34. The van der Waals surface area contributed by atoms with E-state index in [-0.39, 0.29) is 0 Å². The van der Waals surface area contributed by atoms with Gasteiger partial charge in [-0.2, -0.15) is 0 Å². The van der Waals surface area contributed by atoms with Crippen molar-refractivity contribution in [2.75, 3.05) is 5.73 Å². The Kier molecular flexibility index (Phi) is 1.82. The van der Waals surface area contributed by atoms with E-state index in [1.807, 2.05) is 0 Å². The third-order valence-corrected chi connectivity index (χ3v) is 5.29. The van der Waals surface area contributed by atoms with Gasteiger partial charge in [-0.1, -0.05) is 60.7 Å². The number of benzene rings is 6. The van der Waals surface area contributed by atoms with E-state index in [0.717, 1.165) is 5.69 Å². The number of nitrogen functional groups attached to an aromatic ring is 1. The predicted molar refractivity (Wildman–Crippen MR) is 101 cm³/mol. The molecule has 6 aromatic carbocycles. The molecular formula is C22H13N. The van der Waals surface area contributed by atoms with Gasteiger partial charge in [0.15, 0.2) is 0 Å². The standard InChI is InChI=1S/C22H13N/c23-18-11-14-8-7-12-3-1-5-15-16-6-2-4-13-9-10-17(18)22(20(13)16)21(14)19(12)15/h1-11H,23H2. The minimum atomic E-state index is 0.864. The molecule has 2 N–H and O–H groups in total. The Morgan fingerprint density at radius 1 is 0.478 bits per heavy atom. The Morgan fingerprint density at radius 2 is 1.09 bits per heavy atom. The van der Waals surface area contributed by atoms with Gasteiger partial charge in [0.25, 0.3) is 0 Å². The van der Waals surface area contributed by atoms with Gasteiger partial charge >= 0.3 is 0 Å². The van der Waals surface area contributed by atoms with Crippen molar-refractivity contribution in [2.45, 2.75) is 0 Å². The quantitative estimate of drug-likeness (QED) is 0.210. The normalized spacial score (nSPS) is 12.5. The second kappa shape index (κ2) is 3.64. The molecule has 0 amide bonds. The lowest BCUT2D eigenvalue weighted by molar-refractivity contribution is 1.78. The Morgan fingerprint density at radius 3 is 1.83 bits per heavy atom. The third kappa shape index (κ3) is 1.21. The summed E-state index contributed by atoms with van der Waals surface area (Å²) in [7, 11) is 0. The minimum Gasteiger partial charge on any atom is -0.398 e. The topological polar surface area (TPSA) is 26.0 Å². The molecule has 1 nitrogen and oxygen atoms in total. The second-order valence-electron chi connectivity index (χ2n) is 6.42. The summed E-state index contributed by atoms with van der Waals surface area (Å²) in [5.41, 5.74) is 7.24. The highest BCUT2D eigenvalue weighted by atomic mass is 14.6. The molecule has 0 aromatic heterocycles. The molecule has 0 bridgehead atoms. The van der Waals surface area contributed by atoms with E-state index in [4.69, 9.17) is 5.73 Å². The predicted octanol–water partition coefficient (Wildman–Crippen LogP) is 5.91. The molecular weight excluding hydrogens is 278 g/mol. The van der Waals surface area contributed by atoms with Gasteiger partial charge in [0.05, 0.1) is 0 Å². The molecule has 0 aliphatic rings. The van der Waals surface area contributed by atoms with Crippen LogP contribution in [0.4, 0.5) is 5.69 Å². The van der Waals surface area contributed by atoms with Crippen molar-refractivity contribution >= 4 is 59.5 Å². The number of hydrogen-bond acceptors (Lipinski definition) is 1. The van der Waals surface area contributed by atoms with Crippen LogP contribution in [0, 0.1) is 0 Å². The molecule has 0 spiro atoms. The number of nitrogens with two attached hydrogens (primary N) is 1. The highest BCUT2D eigenvalue weighted by molar-refractivity contribution is 6.40. The van der Waals surface area contributed by atoms with Crippen molar-refractivity contribution in [2.24, 2.45) is 0 Å². The van der Waals surface area contributed by atoms with Gasteiger partial charge in [-0.05, 0) is 49.2 Å². The van der Waals surface area contributed by atoms with Crippen molar-refractivity contribution in [3.63, 3.8) is 0 Å². The molecule has 0 aliphatic carbocycles. The fourth-order valence-corrected chi connectivity index (χ4v) is 4.36. The average Bonchev–Trinajstić information content (AvgIpc) is 2.60. The van der Waals surface area contributed by atoms with Gasteiger partial charge in [-0.3, -0.25) is 0 Å². The molecule has 1 heteroatoms. The Labute approximate surface area is 132 Å². The zero-order valence-electron chi connectivity index (χ0n) is 12.4. The molecule has 0 radical (unpaired) electrons. The van der Waals surface area contributed by atoms with E-state index in [1.54, 1.807) is 0 Å². The highest BCUT2D eigenvalue weighted by Crippen LogP contribution is 2.45. The fourth-order valence-electron chi connectivity index (χ4n) is 4.36. The number of anilines is 1. The van der Waals surface area contributed by atoms with E-state index >= 15 is 0 Å². The van der Waals surface area contributed by atoms with Gasteiger partial charge in [-0.25, -0.2) is 0 Å². The van der Waals surface area contributed by atoms with Gasteiger partial charge in [0.2, 0.25) is 0 Å². The first-order valence-corrected chi connectivity index (χ1v) is 7.93. The summed E-state index contributed by atoms with van der Waals surface area (Å²) < 4.78 is 0. The van der Waals surface area contributed by atoms with Crippen LogP contribution in [0.3, 0.4) is 0 Å². The molecule has 0 aliphatic heterocycles. The molecule has 0 fully saturated rings. The highest BCUT2D eigenvalue weighted by Gasteiger charge is 2.17. The van der Waals surface area contributed by atoms with Crippen LogP contribution in [0.1, 0.15) is 0 Å². The van der Waals surface area contributed by atoms with E-state index in [9.17, 15) is 0 Å². The van der Waals surface area contributed by atoms with Crippen LogP contribution in [0.2, 0.25) is 0 Å². The Bertz CT molecular complexity index is 1360. The number of rotatable bonds is 0. The molecule has 0 saturated heterocycles. The third-order valence-electron chi connectivity index (χ3n) is 5.29. The first-order chi connectivity index (χ1) is 11.3. The van der Waals surface area contributed by atoms with Gasteiger partial charge in [0.1, 0.15) is 0 Å². The van der Waals surface area contributed by atoms with Crippen LogP contribution < -0.4 is 5.73 Å². The molecule has 0 saturated carbocycles. The molecule has 23 heavy (non-hydrogen) atoms. The molecule has 106 valence electrons. The summed E-state index contributed by atoms with van der Waals surface area (Å²) >= 11 is 0. The lowest BCUT2D eigenvalue weighted by Crippen LogP contribution is -1.93. The van der Waals surface area contributed by atoms with Crippen molar-refractivity contribution in [1.29, 1.82) is 0 Å². The molecule has 6 rings (SSSR count). The smallest absolute Gasteiger partial charge is 0.0400 e. The zero-order valence-corrected chi connectivity index (χ0v) is 12.4. The Hall–Kier alpha value is -3.06. The van der Waals surface area contributed by atoms with Crippen molar-refractivity contribution in [3.8, 4) is 0 Å². The lowest BCUT2D eigenvalue weighted by atomic mass is 9.85. The van der Waals surface area contributed by atoms with E-state index < -0.39 is 0 Å². The van der Waals surface area contributed by atoms with E-state index in [2.05, 4.69) is 66.7 Å². The molecule has 0 unspecified atom stereocenters. The molecule has 0 heterocycles. The maximum Gasteiger partial charge on any atom is 0.0400 e. The van der Waals surface area contributed by atoms with Gasteiger partial charge in [0, 0.05) is 16.5 Å². The van der Waals surface area contributed by atoms with E-state index in [1.165, 1.54) is 53.9 Å². The number of fused-ring (bicyclic) bond motifs is 1. The average molecular weight is 291 g/mol. The summed E-state index contributed by atoms with van der Waals surface area (Å²) in [5, 5.41) is 13.0. The van der Waals surface area contributed by atoms with Gasteiger partial charge < -0.3 is 5.73 Å². The summed E-state index contributed by atoms with van der Waals surface area (Å²) in [6.07, 6.45) is 0. The maximum absolute atomic E-state index is 6.37. The van der Waals surface area contributed by atoms with Crippen molar-refractivity contribution < 1.29 is 0 Å². The Balaban J connectivity index is 2.20. The number of hydrogen-bond donors (Lipinski definition) is 1. The fraction of sp³-hybridized carbons (Fsp3) is 0. The lowest BCUT2D eigenvalue weighted by Gasteiger charge is -2.18. The van der Waals surface area contributed by atoms with Crippen LogP contribution in [0.5, 0.6) is 0 Å². The van der Waals surface area contributed by atoms with Crippen molar-refractivity contribution in [1.82, 2.24) is 0 Å². The summed E-state index contributed by atoms with van der Waals surface area (Å²) in [6.45, 7) is 0. The van der Waals surface area contributed by atoms with Crippen LogP contribution in [-0.4, -0.2) is 0 Å². The summed E-state index contributed by atoms with van der Waals surface area (Å²) in [6, 6.07) is 24.1. The van der Waals surface area contributed by atoms with Crippen LogP contribution in [0.15, 0.2) is 66.7 Å². The van der Waals surface area contributed by atoms with Crippen LogP contribution >= 0.6 is 0 Å².